The van der Waals surface area contributed by atoms with Crippen LogP contribution in [0, 0.1) is 5.82 Å². The van der Waals surface area contributed by atoms with Crippen molar-refractivity contribution in [1.82, 2.24) is 0 Å². The molecule has 1 N–H and O–H groups in total. The molecule has 18 heavy (non-hydrogen) atoms. The van der Waals surface area contributed by atoms with E-state index in [0.717, 1.165) is 12.1 Å². The Bertz CT molecular complexity index is 491. The Kier molecular flexibility index (Phi) is 4.31. The molecular formula is C12H13FN2O3. The number of ether oxygens (including phenoxy) is 1. The smallest absolute Gasteiger partial charge is 0.420 e. The second-order valence-electron chi connectivity index (χ2n) is 3.75. The Hall–Kier alpha value is -2.04. The molecule has 0 saturated carbocycles. The lowest BCUT2D eigenvalue weighted by Gasteiger charge is -2.17. The highest BCUT2D eigenvalue weighted by molar-refractivity contribution is 6.36. The van der Waals surface area contributed by atoms with Gasteiger partial charge >= 0.3 is 11.7 Å². The molecule has 96 valence electrons. The molecule has 6 heteroatoms. The Morgan fingerprint density at radius 1 is 1.50 bits per heavy atom. The summed E-state index contributed by atoms with van der Waals surface area (Å²) in [5, 5.41) is 10.2. The quantitative estimate of drug-likeness (QED) is 0.379. The lowest BCUT2D eigenvalue weighted by molar-refractivity contribution is -0.143. The molecule has 1 rings (SSSR count). The van der Waals surface area contributed by atoms with Crippen molar-refractivity contribution in [1.29, 1.82) is 0 Å². The molecule has 0 aliphatic carbocycles. The van der Waals surface area contributed by atoms with Gasteiger partial charge < -0.3 is 15.4 Å². The normalized spacial score (nSPS) is 13.3. The molecule has 1 unspecified atom stereocenters. The molecule has 0 bridgehead atoms. The number of hydrogen-bond acceptors (Lipinski definition) is 3. The van der Waals surface area contributed by atoms with Crippen LogP contribution in [0.15, 0.2) is 24.3 Å². The van der Waals surface area contributed by atoms with E-state index in [1.165, 1.54) is 19.1 Å². The number of carbonyl (C=O) groups excluding carboxylic acids is 1. The summed E-state index contributed by atoms with van der Waals surface area (Å²) in [6.07, 6.45) is 0. The van der Waals surface area contributed by atoms with Gasteiger partial charge in [0.1, 0.15) is 5.82 Å². The van der Waals surface area contributed by atoms with Crippen molar-refractivity contribution in [3.05, 3.63) is 41.2 Å². The van der Waals surface area contributed by atoms with Crippen LogP contribution in [0.25, 0.3) is 5.53 Å². The number of hydrogen-bond donors (Lipinski definition) is 1. The first-order chi connectivity index (χ1) is 8.43. The Morgan fingerprint density at radius 3 is 2.50 bits per heavy atom. The van der Waals surface area contributed by atoms with E-state index < -0.39 is 23.1 Å². The van der Waals surface area contributed by atoms with Gasteiger partial charge in [-0.15, -0.1) is 0 Å². The van der Waals surface area contributed by atoms with Crippen LogP contribution < -0.4 is 0 Å². The average molecular weight is 252 g/mol. The zero-order valence-electron chi connectivity index (χ0n) is 10.1. The van der Waals surface area contributed by atoms with Crippen LogP contribution in [0.2, 0.25) is 0 Å². The first-order valence-electron chi connectivity index (χ1n) is 5.31. The predicted molar refractivity (Wildman–Crippen MR) is 61.2 cm³/mol. The molecule has 1 aromatic carbocycles. The van der Waals surface area contributed by atoms with Crippen molar-refractivity contribution in [2.45, 2.75) is 19.4 Å². The predicted octanol–water partition coefficient (Wildman–Crippen LogP) is 1.27. The largest absolute Gasteiger partial charge is 0.457 e. The Balaban J connectivity index is 3.15. The van der Waals surface area contributed by atoms with E-state index in [0.29, 0.717) is 0 Å². The zero-order chi connectivity index (χ0) is 13.8. The third kappa shape index (κ3) is 2.80. The molecule has 0 spiro atoms. The van der Waals surface area contributed by atoms with E-state index in [1.54, 1.807) is 6.92 Å². The number of aliphatic hydroxyl groups is 1. The second kappa shape index (κ2) is 5.53. The van der Waals surface area contributed by atoms with Crippen LogP contribution in [0.3, 0.4) is 0 Å². The van der Waals surface area contributed by atoms with Crippen molar-refractivity contribution in [3.63, 3.8) is 0 Å². The lowest BCUT2D eigenvalue weighted by Crippen LogP contribution is -2.39. The minimum atomic E-state index is -1.87. The first-order valence-corrected chi connectivity index (χ1v) is 5.31. The summed E-state index contributed by atoms with van der Waals surface area (Å²) in [6.45, 7) is 2.92. The summed E-state index contributed by atoms with van der Waals surface area (Å²) in [5.74, 6) is -1.41. The highest BCUT2D eigenvalue weighted by Crippen LogP contribution is 2.22. The third-order valence-electron chi connectivity index (χ3n) is 2.44. The molecule has 5 nitrogen and oxygen atoms in total. The molecule has 1 atom stereocenters. The van der Waals surface area contributed by atoms with Gasteiger partial charge in [-0.2, -0.15) is 4.79 Å². The molecule has 0 radical (unpaired) electrons. The van der Waals surface area contributed by atoms with Gasteiger partial charge in [0.2, 0.25) is 0 Å². The second-order valence-corrected chi connectivity index (χ2v) is 3.75. The van der Waals surface area contributed by atoms with Gasteiger partial charge in [0, 0.05) is 0 Å². The summed E-state index contributed by atoms with van der Waals surface area (Å²) < 4.78 is 17.4. The van der Waals surface area contributed by atoms with E-state index in [2.05, 4.69) is 9.53 Å². The first kappa shape index (κ1) is 14.0. The number of esters is 1. The number of halogens is 1. The molecule has 0 heterocycles. The van der Waals surface area contributed by atoms with Gasteiger partial charge in [-0.25, -0.2) is 9.18 Å². The molecule has 0 saturated heterocycles. The number of rotatable bonds is 4. The van der Waals surface area contributed by atoms with E-state index in [4.69, 9.17) is 5.53 Å². The molecule has 0 aliphatic heterocycles. The fourth-order valence-corrected chi connectivity index (χ4v) is 1.45. The van der Waals surface area contributed by atoms with Gasteiger partial charge in [0.15, 0.2) is 5.60 Å². The Labute approximate surface area is 103 Å². The standard InChI is InChI=1S/C12H13FN2O3/c1-3-18-11(16)10(15-14)12(2,17)8-4-6-9(13)7-5-8/h4-7,17H,3H2,1-2H3. The van der Waals surface area contributed by atoms with Crippen molar-refractivity contribution in [2.75, 3.05) is 6.61 Å². The summed E-state index contributed by atoms with van der Waals surface area (Å²) in [4.78, 5) is 14.3. The van der Waals surface area contributed by atoms with E-state index in [1.807, 2.05) is 0 Å². The topological polar surface area (TPSA) is 82.9 Å². The number of nitrogens with zero attached hydrogens (tertiary/aromatic N) is 2. The van der Waals surface area contributed by atoms with Gasteiger partial charge in [-0.3, -0.25) is 0 Å². The van der Waals surface area contributed by atoms with Crippen LogP contribution in [0.4, 0.5) is 4.39 Å². The molecule has 0 aliphatic rings. The SMILES string of the molecule is CCOC(=O)C(=[N+]=[N-])C(C)(O)c1ccc(F)cc1. The van der Waals surface area contributed by atoms with Crippen molar-refractivity contribution < 1.29 is 23.8 Å². The van der Waals surface area contributed by atoms with Crippen molar-refractivity contribution in [3.8, 4) is 0 Å². The molecule has 0 aromatic heterocycles. The van der Waals surface area contributed by atoms with Crippen LogP contribution in [0.5, 0.6) is 0 Å². The maximum Gasteiger partial charge on any atom is 0.420 e. The monoisotopic (exact) mass is 252 g/mol. The molecule has 0 amide bonds. The molecular weight excluding hydrogens is 239 g/mol. The maximum atomic E-state index is 12.8. The van der Waals surface area contributed by atoms with Gasteiger partial charge in [0.05, 0.1) is 6.61 Å². The van der Waals surface area contributed by atoms with Crippen molar-refractivity contribution >= 4 is 11.7 Å². The summed E-state index contributed by atoms with van der Waals surface area (Å²) in [5.41, 5.74) is 6.61. The minimum Gasteiger partial charge on any atom is -0.457 e. The average Bonchev–Trinajstić information content (AvgIpc) is 2.30. The fourth-order valence-electron chi connectivity index (χ4n) is 1.45. The third-order valence-corrected chi connectivity index (χ3v) is 2.44. The van der Waals surface area contributed by atoms with Crippen LogP contribution >= 0.6 is 0 Å². The van der Waals surface area contributed by atoms with E-state index in [-0.39, 0.29) is 12.2 Å². The maximum absolute atomic E-state index is 12.8. The van der Waals surface area contributed by atoms with E-state index >= 15 is 0 Å². The van der Waals surface area contributed by atoms with Crippen molar-refractivity contribution in [2.24, 2.45) is 0 Å². The van der Waals surface area contributed by atoms with Gasteiger partial charge in [-0.05, 0) is 31.5 Å². The van der Waals surface area contributed by atoms with E-state index in [9.17, 15) is 14.3 Å². The summed E-state index contributed by atoms with van der Waals surface area (Å²) >= 11 is 0. The number of benzene rings is 1. The zero-order valence-corrected chi connectivity index (χ0v) is 10.1. The number of carbonyl (C=O) groups is 1. The fraction of sp³-hybridized carbons (Fsp3) is 0.333. The minimum absolute atomic E-state index is 0.0807. The lowest BCUT2D eigenvalue weighted by atomic mass is 9.91. The summed E-state index contributed by atoms with van der Waals surface area (Å²) in [7, 11) is 0. The highest BCUT2D eigenvalue weighted by Gasteiger charge is 2.44. The van der Waals surface area contributed by atoms with Gasteiger partial charge in [0.25, 0.3) is 0 Å². The Morgan fingerprint density at radius 2 is 2.06 bits per heavy atom. The molecule has 1 aromatic rings. The van der Waals surface area contributed by atoms with Gasteiger partial charge in [-0.1, -0.05) is 12.1 Å². The summed E-state index contributed by atoms with van der Waals surface area (Å²) in [6, 6.07) is 4.84. The molecule has 0 fully saturated rings. The van der Waals surface area contributed by atoms with Crippen LogP contribution in [-0.4, -0.2) is 28.2 Å². The van der Waals surface area contributed by atoms with Crippen LogP contribution in [0.1, 0.15) is 19.4 Å². The van der Waals surface area contributed by atoms with Crippen LogP contribution in [-0.2, 0) is 15.1 Å². The highest BCUT2D eigenvalue weighted by atomic mass is 19.1.